The van der Waals surface area contributed by atoms with Crippen molar-refractivity contribution in [2.75, 3.05) is 19.6 Å². The fourth-order valence-electron chi connectivity index (χ4n) is 2.76. The normalized spacial score (nSPS) is 15.2. The van der Waals surface area contributed by atoms with E-state index in [1.807, 2.05) is 31.2 Å². The summed E-state index contributed by atoms with van der Waals surface area (Å²) in [6.07, 6.45) is 0. The summed E-state index contributed by atoms with van der Waals surface area (Å²) < 4.78 is 26.6. The van der Waals surface area contributed by atoms with Gasteiger partial charge in [0.1, 0.15) is 0 Å². The molecule has 1 saturated heterocycles. The predicted octanol–water partition coefficient (Wildman–Crippen LogP) is 1.05. The van der Waals surface area contributed by atoms with Crippen LogP contribution in [-0.4, -0.2) is 44.2 Å². The van der Waals surface area contributed by atoms with Crippen molar-refractivity contribution in [2.24, 2.45) is 0 Å². The number of sulfonamides is 1. The van der Waals surface area contributed by atoms with Gasteiger partial charge in [-0.15, -0.1) is 0 Å². The highest BCUT2D eigenvalue weighted by molar-refractivity contribution is 7.89. The van der Waals surface area contributed by atoms with Gasteiger partial charge in [0, 0.05) is 25.2 Å². The number of nitrogens with one attached hydrogen (secondary N) is 2. The second kappa shape index (κ2) is 7.89. The van der Waals surface area contributed by atoms with Crippen molar-refractivity contribution >= 4 is 21.8 Å². The van der Waals surface area contributed by atoms with Crippen molar-refractivity contribution in [3.05, 3.63) is 65.2 Å². The highest BCUT2D eigenvalue weighted by Crippen LogP contribution is 2.18. The van der Waals surface area contributed by atoms with Gasteiger partial charge in [-0.3, -0.25) is 9.59 Å². The summed E-state index contributed by atoms with van der Waals surface area (Å²) >= 11 is 0. The molecule has 2 amide bonds. The van der Waals surface area contributed by atoms with Crippen LogP contribution in [0.5, 0.6) is 0 Å². The minimum absolute atomic E-state index is 0.000172. The highest BCUT2D eigenvalue weighted by atomic mass is 32.2. The predicted molar refractivity (Wildman–Crippen MR) is 101 cm³/mol. The summed E-state index contributed by atoms with van der Waals surface area (Å²) in [6, 6.07) is 13.6. The zero-order chi connectivity index (χ0) is 19.4. The number of carbonyl (C=O) groups excluding carboxylic acids is 2. The Morgan fingerprint density at radius 2 is 1.93 bits per heavy atom. The first-order valence-electron chi connectivity index (χ1n) is 8.57. The quantitative estimate of drug-likeness (QED) is 0.802. The number of hydrogen-bond donors (Lipinski definition) is 2. The number of piperazine rings is 1. The van der Waals surface area contributed by atoms with E-state index < -0.39 is 10.0 Å². The molecule has 0 radical (unpaired) electrons. The van der Waals surface area contributed by atoms with E-state index in [0.717, 1.165) is 15.4 Å². The van der Waals surface area contributed by atoms with Crippen LogP contribution in [0.15, 0.2) is 53.4 Å². The smallest absolute Gasteiger partial charge is 0.251 e. The summed E-state index contributed by atoms with van der Waals surface area (Å²) in [5.41, 5.74) is 2.34. The third-order valence-corrected chi connectivity index (χ3v) is 6.15. The van der Waals surface area contributed by atoms with Gasteiger partial charge in [0.15, 0.2) is 0 Å². The van der Waals surface area contributed by atoms with Crippen LogP contribution in [0.3, 0.4) is 0 Å². The molecule has 1 aliphatic heterocycles. The molecule has 1 aliphatic rings. The SMILES string of the molecule is Cc1ccc(CNC(=O)c2cccc(S(=O)(=O)N3CCNC(=O)C3)c2)cc1. The molecule has 8 heteroatoms. The van der Waals surface area contributed by atoms with Gasteiger partial charge in [0.2, 0.25) is 15.9 Å². The topological polar surface area (TPSA) is 95.6 Å². The van der Waals surface area contributed by atoms with Crippen LogP contribution >= 0.6 is 0 Å². The van der Waals surface area contributed by atoms with Crippen molar-refractivity contribution in [1.29, 1.82) is 0 Å². The molecule has 2 N–H and O–H groups in total. The van der Waals surface area contributed by atoms with Crippen LogP contribution < -0.4 is 10.6 Å². The lowest BCUT2D eigenvalue weighted by molar-refractivity contribution is -0.122. The molecule has 0 aliphatic carbocycles. The number of carbonyl (C=O) groups is 2. The lowest BCUT2D eigenvalue weighted by Crippen LogP contribution is -2.49. The summed E-state index contributed by atoms with van der Waals surface area (Å²) in [5.74, 6) is -0.694. The maximum atomic E-state index is 12.7. The zero-order valence-corrected chi connectivity index (χ0v) is 15.8. The molecular weight excluding hydrogens is 366 g/mol. The minimum Gasteiger partial charge on any atom is -0.354 e. The van der Waals surface area contributed by atoms with Gasteiger partial charge < -0.3 is 10.6 Å². The second-order valence-electron chi connectivity index (χ2n) is 6.38. The fourth-order valence-corrected chi connectivity index (χ4v) is 4.20. The monoisotopic (exact) mass is 387 g/mol. The molecule has 0 atom stereocenters. The van der Waals surface area contributed by atoms with Crippen LogP contribution in [0, 0.1) is 6.92 Å². The van der Waals surface area contributed by atoms with E-state index >= 15 is 0 Å². The fraction of sp³-hybridized carbons (Fsp3) is 0.263. The van der Waals surface area contributed by atoms with Gasteiger partial charge in [-0.25, -0.2) is 8.42 Å². The Morgan fingerprint density at radius 1 is 1.19 bits per heavy atom. The average Bonchev–Trinajstić information content (AvgIpc) is 2.67. The second-order valence-corrected chi connectivity index (χ2v) is 8.32. The highest BCUT2D eigenvalue weighted by Gasteiger charge is 2.29. The molecule has 0 saturated carbocycles. The Hall–Kier alpha value is -2.71. The standard InChI is InChI=1S/C19H21N3O4S/c1-14-5-7-15(8-6-14)12-21-19(24)16-3-2-4-17(11-16)27(25,26)22-10-9-20-18(23)13-22/h2-8,11H,9-10,12-13H2,1H3,(H,20,23)(H,21,24). The molecule has 0 unspecified atom stereocenters. The number of benzene rings is 2. The number of hydrogen-bond acceptors (Lipinski definition) is 4. The molecule has 2 aromatic rings. The molecule has 1 fully saturated rings. The van der Waals surface area contributed by atoms with Gasteiger partial charge in [-0.1, -0.05) is 35.9 Å². The van der Waals surface area contributed by atoms with Crippen molar-refractivity contribution < 1.29 is 18.0 Å². The molecule has 142 valence electrons. The Balaban J connectivity index is 1.73. The Bertz CT molecular complexity index is 955. The largest absolute Gasteiger partial charge is 0.354 e. The van der Waals surface area contributed by atoms with Crippen molar-refractivity contribution in [1.82, 2.24) is 14.9 Å². The Kier molecular flexibility index (Phi) is 5.57. The molecule has 27 heavy (non-hydrogen) atoms. The first-order valence-corrected chi connectivity index (χ1v) is 10.0. The average molecular weight is 387 g/mol. The van der Waals surface area contributed by atoms with Crippen LogP contribution in [0.25, 0.3) is 0 Å². The van der Waals surface area contributed by atoms with Crippen LogP contribution in [0.1, 0.15) is 21.5 Å². The van der Waals surface area contributed by atoms with E-state index in [2.05, 4.69) is 10.6 Å². The van der Waals surface area contributed by atoms with Gasteiger partial charge in [-0.05, 0) is 30.7 Å². The van der Waals surface area contributed by atoms with Crippen LogP contribution in [-0.2, 0) is 21.4 Å². The third-order valence-electron chi connectivity index (χ3n) is 4.31. The molecule has 0 aromatic heterocycles. The minimum atomic E-state index is -3.83. The molecule has 1 heterocycles. The van der Waals surface area contributed by atoms with Crippen molar-refractivity contribution in [2.45, 2.75) is 18.4 Å². The first-order chi connectivity index (χ1) is 12.9. The molecule has 3 rings (SSSR count). The van der Waals surface area contributed by atoms with Crippen LogP contribution in [0.2, 0.25) is 0 Å². The van der Waals surface area contributed by atoms with Crippen LogP contribution in [0.4, 0.5) is 0 Å². The Labute approximate surface area is 158 Å². The van der Waals surface area contributed by atoms with Crippen molar-refractivity contribution in [3.8, 4) is 0 Å². The molecule has 7 nitrogen and oxygen atoms in total. The van der Waals surface area contributed by atoms with E-state index in [0.29, 0.717) is 6.54 Å². The van der Waals surface area contributed by atoms with Gasteiger partial charge in [0.25, 0.3) is 5.91 Å². The molecule has 0 bridgehead atoms. The summed E-state index contributed by atoms with van der Waals surface area (Å²) in [6.45, 7) is 2.60. The van der Waals surface area contributed by atoms with E-state index in [9.17, 15) is 18.0 Å². The maximum absolute atomic E-state index is 12.7. The molecular formula is C19H21N3O4S. The Morgan fingerprint density at radius 3 is 2.63 bits per heavy atom. The van der Waals surface area contributed by atoms with Gasteiger partial charge in [-0.2, -0.15) is 4.31 Å². The van der Waals surface area contributed by atoms with Gasteiger partial charge >= 0.3 is 0 Å². The molecule has 0 spiro atoms. The molecule has 2 aromatic carbocycles. The number of amides is 2. The third kappa shape index (κ3) is 4.53. The summed E-state index contributed by atoms with van der Waals surface area (Å²) in [4.78, 5) is 23.9. The van der Waals surface area contributed by atoms with Crippen molar-refractivity contribution in [3.63, 3.8) is 0 Å². The number of rotatable bonds is 5. The number of aryl methyl sites for hydroxylation is 1. The first kappa shape index (κ1) is 19.1. The van der Waals surface area contributed by atoms with E-state index in [4.69, 9.17) is 0 Å². The summed E-state index contributed by atoms with van der Waals surface area (Å²) in [7, 11) is -3.83. The van der Waals surface area contributed by atoms with Gasteiger partial charge in [0.05, 0.1) is 11.4 Å². The lowest BCUT2D eigenvalue weighted by Gasteiger charge is -2.26. The lowest BCUT2D eigenvalue weighted by atomic mass is 10.1. The van der Waals surface area contributed by atoms with E-state index in [1.165, 1.54) is 18.2 Å². The maximum Gasteiger partial charge on any atom is 0.251 e. The van der Waals surface area contributed by atoms with E-state index in [-0.39, 0.29) is 41.9 Å². The zero-order valence-electron chi connectivity index (χ0n) is 14.9. The summed E-state index contributed by atoms with van der Waals surface area (Å²) in [5, 5.41) is 5.38. The van der Waals surface area contributed by atoms with E-state index in [1.54, 1.807) is 6.07 Å². The number of nitrogens with zero attached hydrogens (tertiary/aromatic N) is 1.